The van der Waals surface area contributed by atoms with Crippen LogP contribution in [0, 0.1) is 0 Å². The summed E-state index contributed by atoms with van der Waals surface area (Å²) in [6, 6.07) is -3.62. The molecule has 5 N–H and O–H groups in total. The molecule has 0 aliphatic carbocycles. The molecule has 0 bridgehead atoms. The molecule has 2 aliphatic rings. The number of rotatable bonds is 6. The van der Waals surface area contributed by atoms with E-state index in [4.69, 9.17) is 10.8 Å². The van der Waals surface area contributed by atoms with Crippen LogP contribution in [-0.2, 0) is 19.2 Å². The van der Waals surface area contributed by atoms with Crippen LogP contribution in [0.1, 0.15) is 39.5 Å². The number of carbonyl (C=O) groups is 4. The molecule has 0 spiro atoms. The van der Waals surface area contributed by atoms with Gasteiger partial charge in [0.2, 0.25) is 17.7 Å². The number of hydrogen-bond donors (Lipinski definition) is 4. The molecule has 0 aromatic rings. The van der Waals surface area contributed by atoms with E-state index in [-0.39, 0.29) is 11.8 Å². The van der Waals surface area contributed by atoms with E-state index in [2.05, 4.69) is 5.32 Å². The molecule has 0 aromatic carbocycles. The van der Waals surface area contributed by atoms with Crippen molar-refractivity contribution < 1.29 is 29.4 Å². The molecule has 2 saturated heterocycles. The lowest BCUT2D eigenvalue weighted by Gasteiger charge is -2.32. The van der Waals surface area contributed by atoms with Crippen molar-refractivity contribution in [3.05, 3.63) is 0 Å². The average molecular weight is 384 g/mol. The van der Waals surface area contributed by atoms with E-state index in [1.165, 1.54) is 16.7 Å². The molecule has 10 heteroatoms. The maximum atomic E-state index is 13.0. The summed E-state index contributed by atoms with van der Waals surface area (Å²) >= 11 is 0. The van der Waals surface area contributed by atoms with E-state index in [0.29, 0.717) is 38.8 Å². The molecule has 5 atom stereocenters. The largest absolute Gasteiger partial charge is 0.480 e. The zero-order valence-corrected chi connectivity index (χ0v) is 15.6. The van der Waals surface area contributed by atoms with Crippen molar-refractivity contribution in [2.24, 2.45) is 5.73 Å². The van der Waals surface area contributed by atoms with E-state index in [0.717, 1.165) is 0 Å². The predicted octanol–water partition coefficient (Wildman–Crippen LogP) is -1.73. The normalized spacial score (nSPS) is 25.8. The Bertz CT molecular complexity index is 608. The van der Waals surface area contributed by atoms with Crippen LogP contribution < -0.4 is 11.1 Å². The number of hydrogen-bond acceptors (Lipinski definition) is 6. The van der Waals surface area contributed by atoms with Crippen molar-refractivity contribution in [3.63, 3.8) is 0 Å². The Morgan fingerprint density at radius 1 is 1.04 bits per heavy atom. The smallest absolute Gasteiger partial charge is 0.328 e. The van der Waals surface area contributed by atoms with E-state index >= 15 is 0 Å². The lowest BCUT2D eigenvalue weighted by molar-refractivity contribution is -0.149. The second-order valence-corrected chi connectivity index (χ2v) is 7.23. The molecule has 152 valence electrons. The van der Waals surface area contributed by atoms with Gasteiger partial charge in [-0.3, -0.25) is 14.4 Å². The lowest BCUT2D eigenvalue weighted by Crippen LogP contribution is -2.57. The Morgan fingerprint density at radius 2 is 1.59 bits per heavy atom. The van der Waals surface area contributed by atoms with E-state index < -0.39 is 42.1 Å². The number of aliphatic carboxylic acids is 1. The predicted molar refractivity (Wildman–Crippen MR) is 94.4 cm³/mol. The number of aliphatic hydroxyl groups excluding tert-OH is 1. The summed E-state index contributed by atoms with van der Waals surface area (Å²) in [5.74, 6) is -2.58. The minimum atomic E-state index is -1.45. The number of nitrogens with two attached hydrogens (primary N) is 1. The molecule has 5 unspecified atom stereocenters. The maximum Gasteiger partial charge on any atom is 0.328 e. The van der Waals surface area contributed by atoms with Crippen LogP contribution >= 0.6 is 0 Å². The monoisotopic (exact) mass is 384 g/mol. The summed E-state index contributed by atoms with van der Waals surface area (Å²) in [5, 5.41) is 21.0. The fourth-order valence-electron chi connectivity index (χ4n) is 3.68. The summed E-state index contributed by atoms with van der Waals surface area (Å²) in [6.45, 7) is 3.65. The third kappa shape index (κ3) is 4.56. The molecule has 10 nitrogen and oxygen atoms in total. The van der Waals surface area contributed by atoms with Gasteiger partial charge in [0.1, 0.15) is 12.1 Å². The second-order valence-electron chi connectivity index (χ2n) is 7.23. The first-order chi connectivity index (χ1) is 12.6. The molecule has 0 radical (unpaired) electrons. The number of carboxylic acids is 1. The van der Waals surface area contributed by atoms with Gasteiger partial charge in [0.25, 0.3) is 0 Å². The lowest BCUT2D eigenvalue weighted by atomic mass is 10.1. The van der Waals surface area contributed by atoms with Crippen molar-refractivity contribution >= 4 is 23.7 Å². The number of carbonyl (C=O) groups excluding carboxylic acids is 3. The fraction of sp³-hybridized carbons (Fsp3) is 0.765. The van der Waals surface area contributed by atoms with Crippen LogP contribution in [0.25, 0.3) is 0 Å². The van der Waals surface area contributed by atoms with Gasteiger partial charge in [0.15, 0.2) is 6.04 Å². The minimum absolute atomic E-state index is 0.300. The number of amides is 3. The van der Waals surface area contributed by atoms with Crippen molar-refractivity contribution in [2.75, 3.05) is 13.1 Å². The molecule has 2 fully saturated rings. The molecule has 3 amide bonds. The van der Waals surface area contributed by atoms with Gasteiger partial charge in [-0.05, 0) is 39.5 Å². The standard InChI is InChI=1S/C17H28N4O6/c1-9(18)15(24)21-8-4-6-12(21)16(25)20-7-3-5-11(20)14(23)19-13(10(2)22)17(26)27/h9-13,22H,3-8,18H2,1-2H3,(H,19,23)(H,26,27). The van der Waals surface area contributed by atoms with Crippen molar-refractivity contribution in [1.82, 2.24) is 15.1 Å². The first-order valence-electron chi connectivity index (χ1n) is 9.23. The van der Waals surface area contributed by atoms with Crippen LogP contribution in [0.2, 0.25) is 0 Å². The molecule has 2 aliphatic heterocycles. The highest BCUT2D eigenvalue weighted by Crippen LogP contribution is 2.25. The summed E-state index contributed by atoms with van der Waals surface area (Å²) in [4.78, 5) is 51.8. The Kier molecular flexibility index (Phi) is 6.77. The maximum absolute atomic E-state index is 13.0. The van der Waals surface area contributed by atoms with Gasteiger partial charge < -0.3 is 31.1 Å². The van der Waals surface area contributed by atoms with Gasteiger partial charge >= 0.3 is 5.97 Å². The molecule has 2 rings (SSSR count). The highest BCUT2D eigenvalue weighted by molar-refractivity contribution is 5.94. The number of nitrogens with one attached hydrogen (secondary N) is 1. The quantitative estimate of drug-likeness (QED) is 0.424. The van der Waals surface area contributed by atoms with Gasteiger partial charge in [-0.1, -0.05) is 0 Å². The van der Waals surface area contributed by atoms with E-state index in [1.54, 1.807) is 6.92 Å². The van der Waals surface area contributed by atoms with E-state index in [1.807, 2.05) is 0 Å². The number of carboxylic acid groups (broad SMARTS) is 1. The minimum Gasteiger partial charge on any atom is -0.480 e. The van der Waals surface area contributed by atoms with Crippen molar-refractivity contribution in [3.8, 4) is 0 Å². The first kappa shape index (κ1) is 21.1. The topological polar surface area (TPSA) is 153 Å². The average Bonchev–Trinajstić information content (AvgIpc) is 3.26. The summed E-state index contributed by atoms with van der Waals surface area (Å²) in [7, 11) is 0. The first-order valence-corrected chi connectivity index (χ1v) is 9.23. The zero-order valence-electron chi connectivity index (χ0n) is 15.6. The van der Waals surface area contributed by atoms with Crippen LogP contribution in [-0.4, -0.2) is 87.1 Å². The summed E-state index contributed by atoms with van der Waals surface area (Å²) < 4.78 is 0. The molecule has 2 heterocycles. The van der Waals surface area contributed by atoms with Crippen LogP contribution in [0.4, 0.5) is 0 Å². The SMILES string of the molecule is CC(N)C(=O)N1CCCC1C(=O)N1CCCC1C(=O)NC(C(=O)O)C(C)O. The third-order valence-electron chi connectivity index (χ3n) is 5.10. The number of aliphatic hydroxyl groups is 1. The Labute approximate surface area is 157 Å². The van der Waals surface area contributed by atoms with Crippen molar-refractivity contribution in [2.45, 2.75) is 69.8 Å². The highest BCUT2D eigenvalue weighted by atomic mass is 16.4. The van der Waals surface area contributed by atoms with Gasteiger partial charge in [-0.25, -0.2) is 4.79 Å². The molecular weight excluding hydrogens is 356 g/mol. The second kappa shape index (κ2) is 8.66. The van der Waals surface area contributed by atoms with Crippen LogP contribution in [0.3, 0.4) is 0 Å². The molecule has 0 saturated carbocycles. The van der Waals surface area contributed by atoms with Gasteiger partial charge in [0, 0.05) is 13.1 Å². The number of likely N-dealkylation sites (tertiary alicyclic amines) is 2. The molecule has 0 aromatic heterocycles. The van der Waals surface area contributed by atoms with Crippen molar-refractivity contribution in [1.29, 1.82) is 0 Å². The zero-order chi connectivity index (χ0) is 20.3. The van der Waals surface area contributed by atoms with Crippen LogP contribution in [0.5, 0.6) is 0 Å². The van der Waals surface area contributed by atoms with Gasteiger partial charge in [-0.15, -0.1) is 0 Å². The number of nitrogens with zero attached hydrogens (tertiary/aromatic N) is 2. The molecule has 27 heavy (non-hydrogen) atoms. The molecular formula is C17H28N4O6. The van der Waals surface area contributed by atoms with Gasteiger partial charge in [-0.2, -0.15) is 0 Å². The summed E-state index contributed by atoms with van der Waals surface area (Å²) in [5.41, 5.74) is 5.66. The fourth-order valence-corrected chi connectivity index (χ4v) is 3.68. The Hall–Kier alpha value is -2.20. The van der Waals surface area contributed by atoms with Crippen LogP contribution in [0.15, 0.2) is 0 Å². The summed E-state index contributed by atoms with van der Waals surface area (Å²) in [6.07, 6.45) is 0.920. The Balaban J connectivity index is 2.10. The Morgan fingerprint density at radius 3 is 2.11 bits per heavy atom. The van der Waals surface area contributed by atoms with E-state index in [9.17, 15) is 24.3 Å². The highest BCUT2D eigenvalue weighted by Gasteiger charge is 2.43. The third-order valence-corrected chi connectivity index (χ3v) is 5.10. The van der Waals surface area contributed by atoms with Gasteiger partial charge in [0.05, 0.1) is 12.1 Å².